The van der Waals surface area contributed by atoms with Gasteiger partial charge in [0.25, 0.3) is 5.91 Å². The fraction of sp³-hybridized carbons (Fsp3) is 0.300. The second-order valence-electron chi connectivity index (χ2n) is 6.85. The minimum Gasteiger partial charge on any atom is -0.368 e. The van der Waals surface area contributed by atoms with E-state index in [1.807, 2.05) is 0 Å². The van der Waals surface area contributed by atoms with Gasteiger partial charge in [-0.15, -0.1) is 0 Å². The van der Waals surface area contributed by atoms with Gasteiger partial charge >= 0.3 is 0 Å². The number of hydrogen-bond acceptors (Lipinski definition) is 7. The van der Waals surface area contributed by atoms with Crippen LogP contribution in [0, 0.1) is 13.8 Å². The zero-order chi connectivity index (χ0) is 19.5. The van der Waals surface area contributed by atoms with Gasteiger partial charge in [0.05, 0.1) is 0 Å². The first-order chi connectivity index (χ1) is 13.6. The molecule has 1 amide bonds. The zero-order valence-corrected chi connectivity index (χ0v) is 15.9. The second kappa shape index (κ2) is 7.67. The Bertz CT molecular complexity index is 978. The van der Waals surface area contributed by atoms with Gasteiger partial charge in [-0.25, -0.2) is 9.97 Å². The summed E-state index contributed by atoms with van der Waals surface area (Å²) in [6.07, 6.45) is 1.42. The predicted molar refractivity (Wildman–Crippen MR) is 107 cm³/mol. The average Bonchev–Trinajstić information content (AvgIpc) is 3.13. The molecule has 0 saturated carbocycles. The summed E-state index contributed by atoms with van der Waals surface area (Å²) in [7, 11) is 0. The van der Waals surface area contributed by atoms with Crippen LogP contribution in [0.25, 0.3) is 0 Å². The van der Waals surface area contributed by atoms with E-state index in [-0.39, 0.29) is 5.91 Å². The van der Waals surface area contributed by atoms with Crippen molar-refractivity contribution >= 4 is 23.2 Å². The molecule has 0 unspecified atom stereocenters. The summed E-state index contributed by atoms with van der Waals surface area (Å²) < 4.78 is 4.96. The fourth-order valence-corrected chi connectivity index (χ4v) is 3.27. The van der Waals surface area contributed by atoms with Crippen LogP contribution < -0.4 is 15.1 Å². The van der Waals surface area contributed by atoms with Crippen LogP contribution in [0.5, 0.6) is 0 Å². The maximum Gasteiger partial charge on any atom is 0.275 e. The number of carbonyl (C=O) groups is 1. The van der Waals surface area contributed by atoms with E-state index in [1.54, 1.807) is 19.1 Å². The van der Waals surface area contributed by atoms with Crippen LogP contribution in [-0.4, -0.2) is 47.2 Å². The Balaban J connectivity index is 1.41. The molecule has 8 nitrogen and oxygen atoms in total. The highest BCUT2D eigenvalue weighted by Gasteiger charge is 2.20. The first-order valence-corrected chi connectivity index (χ1v) is 9.22. The van der Waals surface area contributed by atoms with E-state index < -0.39 is 0 Å². The van der Waals surface area contributed by atoms with Crippen molar-refractivity contribution in [2.45, 2.75) is 13.8 Å². The molecule has 3 heterocycles. The number of carbonyl (C=O) groups excluding carboxylic acids is 1. The van der Waals surface area contributed by atoms with E-state index in [9.17, 15) is 4.79 Å². The van der Waals surface area contributed by atoms with Gasteiger partial charge in [-0.1, -0.05) is 17.3 Å². The molecular formula is C20H22N6O2. The SMILES string of the molecule is Cc1cccc(N2CCN(c3cc(C(=O)Nc4cc(C)on4)ncn3)CC2)c1. The molecule has 0 spiro atoms. The molecule has 0 aliphatic carbocycles. The molecule has 4 rings (SSSR count). The Labute approximate surface area is 163 Å². The van der Waals surface area contributed by atoms with Gasteiger partial charge in [-0.05, 0) is 31.5 Å². The third kappa shape index (κ3) is 3.95. The number of amides is 1. The smallest absolute Gasteiger partial charge is 0.275 e. The number of nitrogens with one attached hydrogen (secondary N) is 1. The van der Waals surface area contributed by atoms with E-state index in [2.05, 4.69) is 61.4 Å². The van der Waals surface area contributed by atoms with Crippen molar-refractivity contribution < 1.29 is 9.32 Å². The van der Waals surface area contributed by atoms with Gasteiger partial charge < -0.3 is 19.6 Å². The minimum absolute atomic E-state index is 0.298. The maximum atomic E-state index is 12.4. The minimum atomic E-state index is -0.338. The van der Waals surface area contributed by atoms with Crippen LogP contribution in [0.1, 0.15) is 21.8 Å². The van der Waals surface area contributed by atoms with Crippen molar-refractivity contribution in [1.82, 2.24) is 15.1 Å². The lowest BCUT2D eigenvalue weighted by Gasteiger charge is -2.36. The number of anilines is 3. The van der Waals surface area contributed by atoms with Gasteiger partial charge in [0.15, 0.2) is 5.82 Å². The van der Waals surface area contributed by atoms with Crippen LogP contribution in [0.2, 0.25) is 0 Å². The molecule has 1 aliphatic rings. The van der Waals surface area contributed by atoms with Crippen LogP contribution >= 0.6 is 0 Å². The lowest BCUT2D eigenvalue weighted by molar-refractivity contribution is 0.102. The molecule has 1 N–H and O–H groups in total. The Morgan fingerprint density at radius 1 is 1.04 bits per heavy atom. The lowest BCUT2D eigenvalue weighted by Crippen LogP contribution is -2.47. The maximum absolute atomic E-state index is 12.4. The zero-order valence-electron chi connectivity index (χ0n) is 15.9. The average molecular weight is 378 g/mol. The predicted octanol–water partition coefficient (Wildman–Crippen LogP) is 2.66. The number of piperazine rings is 1. The van der Waals surface area contributed by atoms with Crippen molar-refractivity contribution in [3.8, 4) is 0 Å². The summed E-state index contributed by atoms with van der Waals surface area (Å²) in [5, 5.41) is 6.45. The molecular weight excluding hydrogens is 356 g/mol. The van der Waals surface area contributed by atoms with Crippen LogP contribution in [0.4, 0.5) is 17.3 Å². The lowest BCUT2D eigenvalue weighted by atomic mass is 10.2. The number of aromatic nitrogens is 3. The standard InChI is InChI=1S/C20H22N6O2/c1-14-4-3-5-16(10-14)25-6-8-26(9-7-25)19-12-17(21-13-22-19)20(27)23-18-11-15(2)28-24-18/h3-5,10-13H,6-9H2,1-2H3,(H,23,24,27). The molecule has 2 aromatic heterocycles. The quantitative estimate of drug-likeness (QED) is 0.747. The van der Waals surface area contributed by atoms with E-state index in [0.29, 0.717) is 17.3 Å². The molecule has 0 bridgehead atoms. The number of hydrogen-bond donors (Lipinski definition) is 1. The van der Waals surface area contributed by atoms with E-state index in [1.165, 1.54) is 17.6 Å². The molecule has 144 valence electrons. The highest BCUT2D eigenvalue weighted by atomic mass is 16.5. The molecule has 1 aromatic carbocycles. The van der Waals surface area contributed by atoms with Gasteiger partial charge in [-0.2, -0.15) is 0 Å². The molecule has 3 aromatic rings. The number of aryl methyl sites for hydroxylation is 2. The Morgan fingerprint density at radius 2 is 1.82 bits per heavy atom. The van der Waals surface area contributed by atoms with Gasteiger partial charge in [0.1, 0.15) is 23.6 Å². The molecule has 28 heavy (non-hydrogen) atoms. The summed E-state index contributed by atoms with van der Waals surface area (Å²) in [5.74, 6) is 1.41. The van der Waals surface area contributed by atoms with Gasteiger partial charge in [0, 0.05) is 44.0 Å². The second-order valence-corrected chi connectivity index (χ2v) is 6.85. The Hall–Kier alpha value is -3.42. The summed E-state index contributed by atoms with van der Waals surface area (Å²) in [5.41, 5.74) is 2.80. The van der Waals surface area contributed by atoms with Crippen molar-refractivity contribution in [2.24, 2.45) is 0 Å². The Kier molecular flexibility index (Phi) is 4.92. The number of benzene rings is 1. The van der Waals surface area contributed by atoms with Crippen LogP contribution in [0.15, 0.2) is 47.2 Å². The summed E-state index contributed by atoms with van der Waals surface area (Å²) in [6, 6.07) is 11.9. The van der Waals surface area contributed by atoms with Crippen LogP contribution in [-0.2, 0) is 0 Å². The summed E-state index contributed by atoms with van der Waals surface area (Å²) in [6.45, 7) is 7.32. The van der Waals surface area contributed by atoms with E-state index in [0.717, 1.165) is 32.0 Å². The molecule has 1 aliphatic heterocycles. The van der Waals surface area contributed by atoms with Crippen molar-refractivity contribution in [3.05, 3.63) is 59.7 Å². The molecule has 0 atom stereocenters. The molecule has 1 fully saturated rings. The van der Waals surface area contributed by atoms with Gasteiger partial charge in [0.2, 0.25) is 0 Å². The normalized spacial score (nSPS) is 14.2. The first-order valence-electron chi connectivity index (χ1n) is 9.22. The molecule has 1 saturated heterocycles. The van der Waals surface area contributed by atoms with Crippen molar-refractivity contribution in [3.63, 3.8) is 0 Å². The largest absolute Gasteiger partial charge is 0.368 e. The van der Waals surface area contributed by atoms with E-state index in [4.69, 9.17) is 4.52 Å². The third-order valence-corrected chi connectivity index (χ3v) is 4.73. The fourth-order valence-electron chi connectivity index (χ4n) is 3.27. The number of nitrogens with zero attached hydrogens (tertiary/aromatic N) is 5. The van der Waals surface area contributed by atoms with E-state index >= 15 is 0 Å². The van der Waals surface area contributed by atoms with Gasteiger partial charge in [-0.3, -0.25) is 4.79 Å². The highest BCUT2D eigenvalue weighted by Crippen LogP contribution is 2.20. The van der Waals surface area contributed by atoms with Crippen molar-refractivity contribution in [2.75, 3.05) is 41.3 Å². The Morgan fingerprint density at radius 3 is 2.54 bits per heavy atom. The number of rotatable bonds is 4. The van der Waals surface area contributed by atoms with Crippen LogP contribution in [0.3, 0.4) is 0 Å². The molecule has 0 radical (unpaired) electrons. The topological polar surface area (TPSA) is 87.4 Å². The van der Waals surface area contributed by atoms with Crippen molar-refractivity contribution in [1.29, 1.82) is 0 Å². The summed E-state index contributed by atoms with van der Waals surface area (Å²) in [4.78, 5) is 25.4. The summed E-state index contributed by atoms with van der Waals surface area (Å²) >= 11 is 0. The monoisotopic (exact) mass is 378 g/mol. The first kappa shape index (κ1) is 18.0. The highest BCUT2D eigenvalue weighted by molar-refractivity contribution is 6.02. The third-order valence-electron chi connectivity index (χ3n) is 4.73. The molecule has 8 heteroatoms.